The van der Waals surface area contributed by atoms with Gasteiger partial charge in [-0.05, 0) is 19.4 Å². The highest BCUT2D eigenvalue weighted by Gasteiger charge is 2.24. The van der Waals surface area contributed by atoms with Gasteiger partial charge in [-0.1, -0.05) is 5.16 Å². The van der Waals surface area contributed by atoms with Gasteiger partial charge in [0.05, 0.1) is 19.3 Å². The van der Waals surface area contributed by atoms with E-state index in [1.807, 2.05) is 6.07 Å². The van der Waals surface area contributed by atoms with Crippen LogP contribution in [-0.4, -0.2) is 34.4 Å². The van der Waals surface area contributed by atoms with Gasteiger partial charge in [0, 0.05) is 12.1 Å². The van der Waals surface area contributed by atoms with Crippen LogP contribution in [0.5, 0.6) is 0 Å². The van der Waals surface area contributed by atoms with Crippen molar-refractivity contribution in [3.05, 3.63) is 18.0 Å². The predicted molar refractivity (Wildman–Crippen MR) is 47.0 cm³/mol. The van der Waals surface area contributed by atoms with Crippen LogP contribution >= 0.6 is 0 Å². The highest BCUT2D eigenvalue weighted by atomic mass is 16.5. The molecule has 4 nitrogen and oxygen atoms in total. The fourth-order valence-corrected chi connectivity index (χ4v) is 1.83. The van der Waals surface area contributed by atoms with Gasteiger partial charge in [-0.25, -0.2) is 0 Å². The minimum atomic E-state index is 0.244. The van der Waals surface area contributed by atoms with E-state index in [4.69, 9.17) is 9.63 Å². The second kappa shape index (κ2) is 3.89. The van der Waals surface area contributed by atoms with Crippen LogP contribution in [0.25, 0.3) is 0 Å². The molecule has 1 aromatic rings. The molecule has 0 saturated carbocycles. The molecule has 0 aromatic carbocycles. The van der Waals surface area contributed by atoms with Crippen molar-refractivity contribution in [2.24, 2.45) is 0 Å². The van der Waals surface area contributed by atoms with Gasteiger partial charge in [0.25, 0.3) is 0 Å². The zero-order valence-electron chi connectivity index (χ0n) is 7.52. The van der Waals surface area contributed by atoms with E-state index < -0.39 is 0 Å². The number of aromatic nitrogens is 1. The Labute approximate surface area is 77.1 Å². The molecular weight excluding hydrogens is 168 g/mol. The standard InChI is InChI=1S/C9H14N2O2/c12-7-8-2-1-5-11(8)6-9-3-4-10-13-9/h3-4,8,12H,1-2,5-7H2. The van der Waals surface area contributed by atoms with Crippen molar-refractivity contribution >= 4 is 0 Å². The van der Waals surface area contributed by atoms with Gasteiger partial charge in [0.1, 0.15) is 0 Å². The molecule has 1 aliphatic heterocycles. The Morgan fingerprint density at radius 2 is 2.62 bits per heavy atom. The van der Waals surface area contributed by atoms with Crippen LogP contribution in [0.4, 0.5) is 0 Å². The van der Waals surface area contributed by atoms with Crippen molar-refractivity contribution in [1.82, 2.24) is 10.1 Å². The number of likely N-dealkylation sites (tertiary alicyclic amines) is 1. The molecule has 0 spiro atoms. The lowest BCUT2D eigenvalue weighted by atomic mass is 10.2. The molecule has 0 bridgehead atoms. The molecule has 2 heterocycles. The SMILES string of the molecule is OCC1CCCN1Cc1ccno1. The van der Waals surface area contributed by atoms with Crippen molar-refractivity contribution in [2.75, 3.05) is 13.2 Å². The maximum atomic E-state index is 9.08. The molecule has 1 N–H and O–H groups in total. The largest absolute Gasteiger partial charge is 0.395 e. The molecule has 1 atom stereocenters. The second-order valence-electron chi connectivity index (χ2n) is 3.43. The molecular formula is C9H14N2O2. The average Bonchev–Trinajstić information content (AvgIpc) is 2.76. The first-order chi connectivity index (χ1) is 6.40. The van der Waals surface area contributed by atoms with Crippen molar-refractivity contribution in [2.45, 2.75) is 25.4 Å². The lowest BCUT2D eigenvalue weighted by molar-refractivity contribution is 0.143. The molecule has 1 unspecified atom stereocenters. The molecule has 0 amide bonds. The van der Waals surface area contributed by atoms with E-state index in [1.165, 1.54) is 6.42 Å². The number of hydrogen-bond donors (Lipinski definition) is 1. The minimum Gasteiger partial charge on any atom is -0.395 e. The van der Waals surface area contributed by atoms with Crippen LogP contribution in [0, 0.1) is 0 Å². The zero-order chi connectivity index (χ0) is 9.10. The summed E-state index contributed by atoms with van der Waals surface area (Å²) in [5.74, 6) is 0.875. The van der Waals surface area contributed by atoms with Gasteiger partial charge >= 0.3 is 0 Å². The molecule has 1 aromatic heterocycles. The summed E-state index contributed by atoms with van der Waals surface area (Å²) >= 11 is 0. The number of hydrogen-bond acceptors (Lipinski definition) is 4. The molecule has 2 rings (SSSR count). The Balaban J connectivity index is 1.94. The van der Waals surface area contributed by atoms with Gasteiger partial charge in [-0.2, -0.15) is 0 Å². The molecule has 1 fully saturated rings. The average molecular weight is 182 g/mol. The molecule has 4 heteroatoms. The fraction of sp³-hybridized carbons (Fsp3) is 0.667. The molecule has 1 aliphatic rings. The van der Waals surface area contributed by atoms with Gasteiger partial charge in [0.15, 0.2) is 5.76 Å². The predicted octanol–water partition coefficient (Wildman–Crippen LogP) is 0.631. The highest BCUT2D eigenvalue weighted by molar-refractivity contribution is 4.94. The first-order valence-corrected chi connectivity index (χ1v) is 4.64. The monoisotopic (exact) mass is 182 g/mol. The minimum absolute atomic E-state index is 0.244. The van der Waals surface area contributed by atoms with Gasteiger partial charge in [0.2, 0.25) is 0 Å². The third-order valence-electron chi connectivity index (χ3n) is 2.56. The third-order valence-corrected chi connectivity index (χ3v) is 2.56. The van der Waals surface area contributed by atoms with Crippen LogP contribution in [-0.2, 0) is 6.54 Å². The normalized spacial score (nSPS) is 23.9. The van der Waals surface area contributed by atoms with Crippen LogP contribution in [0.3, 0.4) is 0 Å². The van der Waals surface area contributed by atoms with Crippen LogP contribution in [0.1, 0.15) is 18.6 Å². The Morgan fingerprint density at radius 3 is 3.31 bits per heavy atom. The molecule has 1 saturated heterocycles. The molecule has 13 heavy (non-hydrogen) atoms. The summed E-state index contributed by atoms with van der Waals surface area (Å²) in [4.78, 5) is 2.24. The summed E-state index contributed by atoms with van der Waals surface area (Å²) in [5.41, 5.74) is 0. The van der Waals surface area contributed by atoms with E-state index >= 15 is 0 Å². The van der Waals surface area contributed by atoms with Crippen molar-refractivity contribution < 1.29 is 9.63 Å². The van der Waals surface area contributed by atoms with E-state index in [1.54, 1.807) is 6.20 Å². The molecule has 0 radical (unpaired) electrons. The maximum absolute atomic E-state index is 9.08. The van der Waals surface area contributed by atoms with Crippen molar-refractivity contribution in [3.63, 3.8) is 0 Å². The van der Waals surface area contributed by atoms with E-state index in [-0.39, 0.29) is 6.61 Å². The van der Waals surface area contributed by atoms with Gasteiger partial charge in [-0.15, -0.1) is 0 Å². The first-order valence-electron chi connectivity index (χ1n) is 4.64. The summed E-state index contributed by atoms with van der Waals surface area (Å²) in [7, 11) is 0. The third kappa shape index (κ3) is 1.89. The quantitative estimate of drug-likeness (QED) is 0.745. The van der Waals surface area contributed by atoms with E-state index in [9.17, 15) is 0 Å². The Morgan fingerprint density at radius 1 is 1.69 bits per heavy atom. The second-order valence-corrected chi connectivity index (χ2v) is 3.43. The van der Waals surface area contributed by atoms with Gasteiger partial charge < -0.3 is 9.63 Å². The van der Waals surface area contributed by atoms with Crippen LogP contribution < -0.4 is 0 Å². The summed E-state index contributed by atoms with van der Waals surface area (Å²) in [6.07, 6.45) is 3.91. The lowest BCUT2D eigenvalue weighted by Gasteiger charge is -2.20. The summed E-state index contributed by atoms with van der Waals surface area (Å²) in [6, 6.07) is 2.18. The Hall–Kier alpha value is -0.870. The number of aliphatic hydroxyl groups is 1. The summed E-state index contributed by atoms with van der Waals surface area (Å²) in [6.45, 7) is 2.06. The first kappa shape index (κ1) is 8.72. The zero-order valence-corrected chi connectivity index (χ0v) is 7.52. The Bertz CT molecular complexity index is 248. The smallest absolute Gasteiger partial charge is 0.150 e. The molecule has 72 valence electrons. The topological polar surface area (TPSA) is 49.5 Å². The van der Waals surface area contributed by atoms with Gasteiger partial charge in [-0.3, -0.25) is 4.90 Å². The van der Waals surface area contributed by atoms with Crippen molar-refractivity contribution in [1.29, 1.82) is 0 Å². The summed E-state index contributed by atoms with van der Waals surface area (Å²) in [5, 5.41) is 12.7. The Kier molecular flexibility index (Phi) is 2.61. The fourth-order valence-electron chi connectivity index (χ4n) is 1.83. The van der Waals surface area contributed by atoms with Crippen molar-refractivity contribution in [3.8, 4) is 0 Å². The number of rotatable bonds is 3. The maximum Gasteiger partial charge on any atom is 0.150 e. The summed E-state index contributed by atoms with van der Waals surface area (Å²) < 4.78 is 5.01. The lowest BCUT2D eigenvalue weighted by Crippen LogP contribution is -2.31. The van der Waals surface area contributed by atoms with Crippen LogP contribution in [0.2, 0.25) is 0 Å². The van der Waals surface area contributed by atoms with Crippen LogP contribution in [0.15, 0.2) is 16.8 Å². The van der Waals surface area contributed by atoms with E-state index in [2.05, 4.69) is 10.1 Å². The molecule has 0 aliphatic carbocycles. The highest BCUT2D eigenvalue weighted by Crippen LogP contribution is 2.19. The van der Waals surface area contributed by atoms with E-state index in [0.717, 1.165) is 25.3 Å². The number of nitrogens with zero attached hydrogens (tertiary/aromatic N) is 2. The van der Waals surface area contributed by atoms with E-state index in [0.29, 0.717) is 6.04 Å². The number of aliphatic hydroxyl groups excluding tert-OH is 1.